The summed E-state index contributed by atoms with van der Waals surface area (Å²) in [5.74, 6) is -12.4. The van der Waals surface area contributed by atoms with Crippen molar-refractivity contribution in [3.8, 4) is 5.75 Å². The molecule has 0 saturated carbocycles. The van der Waals surface area contributed by atoms with Crippen molar-refractivity contribution in [2.75, 3.05) is 6.54 Å². The molecule has 0 bridgehead atoms. The summed E-state index contributed by atoms with van der Waals surface area (Å²) < 4.78 is 67.3. The van der Waals surface area contributed by atoms with Crippen LogP contribution in [0.15, 0.2) is 24.3 Å². The quantitative estimate of drug-likeness (QED) is 0.224. The number of phenolic OH excluding ortho intramolecular Hbond substituents is 1. The van der Waals surface area contributed by atoms with Crippen LogP contribution >= 0.6 is 0 Å². The fourth-order valence-electron chi connectivity index (χ4n) is 4.41. The molecule has 1 aliphatic heterocycles. The summed E-state index contributed by atoms with van der Waals surface area (Å²) >= 11 is 0. The summed E-state index contributed by atoms with van der Waals surface area (Å²) in [6.45, 7) is 5.76. The standard InChI is InChI=1S/C28H33F4N3O7/c1-5-12(2)23-28(40)41-14(4)18(34-26(38)15-8-6-7-9-19(15)36)11-33-17(22(37)13(3)27(39)42-23)10-16-20(29)21(30)25(32)35-24(16)31/h6-9,12-14,17-18,22-23,33,36-37H,5,10-11H2,1-4H3,(H,34,38). The van der Waals surface area contributed by atoms with Gasteiger partial charge in [-0.3, -0.25) is 9.59 Å². The smallest absolute Gasteiger partial charge is 0.348 e. The molecular formula is C28H33F4N3O7. The Hall–Kier alpha value is -3.78. The second-order valence-corrected chi connectivity index (χ2v) is 10.3. The number of phenols is 1. The molecule has 7 atom stereocenters. The normalized spacial score (nSPS) is 26.3. The van der Waals surface area contributed by atoms with Gasteiger partial charge in [0.25, 0.3) is 11.9 Å². The van der Waals surface area contributed by atoms with Crippen molar-refractivity contribution in [3.63, 3.8) is 0 Å². The summed E-state index contributed by atoms with van der Waals surface area (Å²) in [4.78, 5) is 41.8. The highest BCUT2D eigenvalue weighted by molar-refractivity contribution is 5.97. The van der Waals surface area contributed by atoms with Gasteiger partial charge in [-0.25, -0.2) is 9.18 Å². The maximum atomic E-state index is 14.5. The molecule has 4 N–H and O–H groups in total. The fourth-order valence-corrected chi connectivity index (χ4v) is 4.41. The van der Waals surface area contributed by atoms with E-state index in [9.17, 15) is 42.2 Å². The summed E-state index contributed by atoms with van der Waals surface area (Å²) in [5.41, 5.74) is -1.10. The number of aromatic nitrogens is 1. The van der Waals surface area contributed by atoms with Gasteiger partial charge in [-0.05, 0) is 38.8 Å². The first-order valence-electron chi connectivity index (χ1n) is 13.4. The molecule has 7 unspecified atom stereocenters. The Morgan fingerprint density at radius 3 is 2.40 bits per heavy atom. The van der Waals surface area contributed by atoms with Crippen LogP contribution in [0.2, 0.25) is 0 Å². The number of aliphatic hydroxyl groups excluding tert-OH is 1. The van der Waals surface area contributed by atoms with Crippen LogP contribution in [0.3, 0.4) is 0 Å². The topological polar surface area (TPSA) is 147 Å². The van der Waals surface area contributed by atoms with Crippen LogP contribution in [0, 0.1) is 35.4 Å². The number of carbonyl (C=O) groups excluding carboxylic acids is 3. The van der Waals surface area contributed by atoms with Gasteiger partial charge in [0.15, 0.2) is 5.82 Å². The summed E-state index contributed by atoms with van der Waals surface area (Å²) in [6.07, 6.45) is -4.62. The summed E-state index contributed by atoms with van der Waals surface area (Å²) in [7, 11) is 0. The molecule has 1 aliphatic rings. The number of hydrogen-bond donors (Lipinski definition) is 4. The maximum absolute atomic E-state index is 14.5. The van der Waals surface area contributed by atoms with Gasteiger partial charge < -0.3 is 30.3 Å². The molecule has 1 amide bonds. The zero-order valence-corrected chi connectivity index (χ0v) is 23.4. The summed E-state index contributed by atoms with van der Waals surface area (Å²) in [5, 5.41) is 26.6. The van der Waals surface area contributed by atoms with E-state index in [1.54, 1.807) is 13.8 Å². The van der Waals surface area contributed by atoms with Crippen LogP contribution in [0.5, 0.6) is 5.75 Å². The number of nitrogens with zero attached hydrogens (tertiary/aromatic N) is 1. The molecule has 10 nitrogen and oxygen atoms in total. The number of nitrogens with one attached hydrogen (secondary N) is 2. The van der Waals surface area contributed by atoms with E-state index in [0.29, 0.717) is 6.42 Å². The fraction of sp³-hybridized carbons (Fsp3) is 0.500. The Morgan fingerprint density at radius 2 is 1.76 bits per heavy atom. The minimum Gasteiger partial charge on any atom is -0.507 e. The van der Waals surface area contributed by atoms with Gasteiger partial charge in [-0.15, -0.1) is 0 Å². The van der Waals surface area contributed by atoms with Gasteiger partial charge in [0.2, 0.25) is 17.9 Å². The molecule has 2 aromatic rings. The highest BCUT2D eigenvalue weighted by atomic mass is 19.2. The lowest BCUT2D eigenvalue weighted by molar-refractivity contribution is -0.180. The van der Waals surface area contributed by atoms with Crippen LogP contribution in [0.4, 0.5) is 17.6 Å². The monoisotopic (exact) mass is 599 g/mol. The zero-order valence-electron chi connectivity index (χ0n) is 23.4. The Bertz CT molecular complexity index is 1310. The molecule has 0 aliphatic carbocycles. The Morgan fingerprint density at radius 1 is 1.10 bits per heavy atom. The molecule has 1 fully saturated rings. The first-order valence-corrected chi connectivity index (χ1v) is 13.4. The SMILES string of the molecule is CCC(C)C1OC(=O)C(C)C(O)C(Cc2c(F)nc(F)c(F)c2F)NCC(NC(=O)c2ccccc2O)C(C)OC1=O. The third kappa shape index (κ3) is 7.34. The van der Waals surface area contributed by atoms with E-state index in [0.717, 1.165) is 0 Å². The zero-order chi connectivity index (χ0) is 31.3. The van der Waals surface area contributed by atoms with Gasteiger partial charge in [-0.1, -0.05) is 26.0 Å². The number of aromatic hydroxyl groups is 1. The maximum Gasteiger partial charge on any atom is 0.348 e. The van der Waals surface area contributed by atoms with Crippen LogP contribution in [0.25, 0.3) is 0 Å². The Labute approximate surface area is 239 Å². The number of pyridine rings is 1. The number of esters is 2. The number of halogens is 4. The number of aliphatic hydroxyl groups is 1. The highest BCUT2D eigenvalue weighted by Gasteiger charge is 2.39. The number of amides is 1. The van der Waals surface area contributed by atoms with Crippen LogP contribution in [-0.4, -0.2) is 70.0 Å². The third-order valence-corrected chi connectivity index (χ3v) is 7.37. The number of hydrogen-bond acceptors (Lipinski definition) is 9. The van der Waals surface area contributed by atoms with Crippen molar-refractivity contribution in [1.82, 2.24) is 15.6 Å². The highest BCUT2D eigenvalue weighted by Crippen LogP contribution is 2.24. The van der Waals surface area contributed by atoms with E-state index < -0.39 is 95.6 Å². The molecule has 42 heavy (non-hydrogen) atoms. The van der Waals surface area contributed by atoms with E-state index >= 15 is 0 Å². The first-order chi connectivity index (χ1) is 19.8. The number of carbonyl (C=O) groups is 3. The molecule has 1 saturated heterocycles. The van der Waals surface area contributed by atoms with Gasteiger partial charge in [0.05, 0.1) is 23.6 Å². The van der Waals surface area contributed by atoms with Crippen molar-refractivity contribution in [2.45, 2.75) is 70.9 Å². The number of para-hydroxylation sites is 1. The van der Waals surface area contributed by atoms with Crippen LogP contribution in [0.1, 0.15) is 50.0 Å². The number of cyclic esters (lactones) is 2. The van der Waals surface area contributed by atoms with E-state index in [4.69, 9.17) is 9.47 Å². The molecule has 0 spiro atoms. The molecule has 1 aromatic carbocycles. The second-order valence-electron chi connectivity index (χ2n) is 10.3. The number of ether oxygens (including phenoxy) is 2. The van der Waals surface area contributed by atoms with Crippen LogP contribution < -0.4 is 10.6 Å². The molecule has 3 rings (SSSR count). The van der Waals surface area contributed by atoms with Gasteiger partial charge >= 0.3 is 11.9 Å². The number of rotatable bonds is 6. The molecule has 2 heterocycles. The van der Waals surface area contributed by atoms with Gasteiger partial charge in [-0.2, -0.15) is 18.2 Å². The lowest BCUT2D eigenvalue weighted by atomic mass is 9.92. The summed E-state index contributed by atoms with van der Waals surface area (Å²) in [6, 6.07) is 3.17. The molecule has 0 radical (unpaired) electrons. The molecular weight excluding hydrogens is 566 g/mol. The van der Waals surface area contributed by atoms with Gasteiger partial charge in [0, 0.05) is 24.1 Å². The molecule has 230 valence electrons. The van der Waals surface area contributed by atoms with Crippen molar-refractivity contribution in [3.05, 3.63) is 58.9 Å². The first kappa shape index (κ1) is 32.7. The van der Waals surface area contributed by atoms with Gasteiger partial charge in [0.1, 0.15) is 11.9 Å². The largest absolute Gasteiger partial charge is 0.507 e. The van der Waals surface area contributed by atoms with Crippen molar-refractivity contribution < 1.29 is 51.6 Å². The molecule has 14 heteroatoms. The third-order valence-electron chi connectivity index (χ3n) is 7.37. The van der Waals surface area contributed by atoms with Crippen molar-refractivity contribution in [2.24, 2.45) is 11.8 Å². The lowest BCUT2D eigenvalue weighted by Crippen LogP contribution is -2.56. The van der Waals surface area contributed by atoms with E-state index in [2.05, 4.69) is 15.6 Å². The minimum absolute atomic E-state index is 0.101. The average Bonchev–Trinajstić information content (AvgIpc) is 2.95. The van der Waals surface area contributed by atoms with Crippen molar-refractivity contribution in [1.29, 1.82) is 0 Å². The van der Waals surface area contributed by atoms with E-state index in [-0.39, 0.29) is 17.9 Å². The average molecular weight is 600 g/mol. The Balaban J connectivity index is 2.02. The van der Waals surface area contributed by atoms with E-state index in [1.165, 1.54) is 38.1 Å². The number of benzene rings is 1. The van der Waals surface area contributed by atoms with E-state index in [1.807, 2.05) is 0 Å². The predicted molar refractivity (Wildman–Crippen MR) is 139 cm³/mol. The Kier molecular flexibility index (Phi) is 10.9. The van der Waals surface area contributed by atoms with Crippen LogP contribution in [-0.2, 0) is 25.5 Å². The van der Waals surface area contributed by atoms with Crippen molar-refractivity contribution >= 4 is 17.8 Å². The lowest BCUT2D eigenvalue weighted by Gasteiger charge is -2.34. The predicted octanol–water partition coefficient (Wildman–Crippen LogP) is 2.54. The minimum atomic E-state index is -2.02. The molecule has 1 aromatic heterocycles. The second kappa shape index (κ2) is 13.9.